The van der Waals surface area contributed by atoms with E-state index in [0.29, 0.717) is 0 Å². The first-order valence-corrected chi connectivity index (χ1v) is 3.84. The number of hydrogen-bond acceptors (Lipinski definition) is 2. The van der Waals surface area contributed by atoms with Crippen LogP contribution in [-0.2, 0) is 0 Å². The summed E-state index contributed by atoms with van der Waals surface area (Å²) in [6, 6.07) is 1.86. The lowest BCUT2D eigenvalue weighted by atomic mass is 10.1. The largest absolute Gasteiger partial charge is 0.508 e. The molecule has 0 saturated heterocycles. The van der Waals surface area contributed by atoms with Gasteiger partial charge < -0.3 is 10.8 Å². The molecule has 1 unspecified atom stereocenters. The van der Waals surface area contributed by atoms with Gasteiger partial charge in [-0.1, -0.05) is 11.6 Å². The topological polar surface area (TPSA) is 46.2 Å². The first-order chi connectivity index (χ1) is 5.54. The van der Waals surface area contributed by atoms with Crippen molar-refractivity contribution in [2.75, 3.05) is 0 Å². The van der Waals surface area contributed by atoms with Gasteiger partial charge >= 0.3 is 0 Å². The van der Waals surface area contributed by atoms with Crippen molar-refractivity contribution in [1.29, 1.82) is 0 Å². The summed E-state index contributed by atoms with van der Waals surface area (Å²) in [6.45, 7) is 1.63. The minimum absolute atomic E-state index is 0.0728. The predicted molar refractivity (Wildman–Crippen MR) is 45.7 cm³/mol. The summed E-state index contributed by atoms with van der Waals surface area (Å²) < 4.78 is 12.8. The third-order valence-corrected chi connectivity index (χ3v) is 1.95. The Labute approximate surface area is 74.8 Å². The van der Waals surface area contributed by atoms with Crippen LogP contribution in [0.1, 0.15) is 18.5 Å². The van der Waals surface area contributed by atoms with Crippen molar-refractivity contribution in [2.45, 2.75) is 13.0 Å². The molecule has 1 rings (SSSR count). The molecule has 0 fully saturated rings. The number of benzene rings is 1. The molecule has 0 aliphatic rings. The van der Waals surface area contributed by atoms with E-state index in [1.807, 2.05) is 0 Å². The molecule has 0 aromatic heterocycles. The maximum absolute atomic E-state index is 12.8. The number of rotatable bonds is 1. The van der Waals surface area contributed by atoms with Gasteiger partial charge in [-0.05, 0) is 19.1 Å². The van der Waals surface area contributed by atoms with Gasteiger partial charge in [-0.25, -0.2) is 4.39 Å². The quantitative estimate of drug-likeness (QED) is 0.712. The van der Waals surface area contributed by atoms with Crippen LogP contribution >= 0.6 is 11.6 Å². The Morgan fingerprint density at radius 2 is 2.17 bits per heavy atom. The van der Waals surface area contributed by atoms with Crippen LogP contribution in [0.2, 0.25) is 5.02 Å². The molecule has 3 N–H and O–H groups in total. The fraction of sp³-hybridized carbons (Fsp3) is 0.250. The molecule has 0 aliphatic heterocycles. The zero-order chi connectivity index (χ0) is 9.30. The summed E-state index contributed by atoms with van der Waals surface area (Å²) in [6.07, 6.45) is 0. The number of aromatic hydroxyl groups is 1. The van der Waals surface area contributed by atoms with E-state index < -0.39 is 11.9 Å². The molecule has 0 bridgehead atoms. The van der Waals surface area contributed by atoms with E-state index in [1.54, 1.807) is 6.92 Å². The molecule has 0 saturated carbocycles. The Bertz CT molecular complexity index is 301. The van der Waals surface area contributed by atoms with Crippen LogP contribution in [0.3, 0.4) is 0 Å². The van der Waals surface area contributed by atoms with Gasteiger partial charge in [0.15, 0.2) is 0 Å². The molecule has 0 radical (unpaired) electrons. The van der Waals surface area contributed by atoms with Gasteiger partial charge in [0.05, 0.1) is 5.02 Å². The van der Waals surface area contributed by atoms with E-state index in [-0.39, 0.29) is 16.3 Å². The second kappa shape index (κ2) is 3.29. The first kappa shape index (κ1) is 9.29. The molecule has 0 amide bonds. The third-order valence-electron chi connectivity index (χ3n) is 1.56. The average molecular weight is 190 g/mol. The molecule has 4 heteroatoms. The lowest BCUT2D eigenvalue weighted by molar-refractivity contribution is 0.461. The fourth-order valence-electron chi connectivity index (χ4n) is 0.989. The maximum atomic E-state index is 12.8. The van der Waals surface area contributed by atoms with E-state index in [0.717, 1.165) is 6.07 Å². The van der Waals surface area contributed by atoms with Crippen molar-refractivity contribution >= 4 is 11.6 Å². The molecule has 2 nitrogen and oxygen atoms in total. The Morgan fingerprint density at radius 1 is 1.58 bits per heavy atom. The van der Waals surface area contributed by atoms with Gasteiger partial charge in [0.2, 0.25) is 0 Å². The molecule has 12 heavy (non-hydrogen) atoms. The van der Waals surface area contributed by atoms with Gasteiger partial charge in [-0.2, -0.15) is 0 Å². The van der Waals surface area contributed by atoms with E-state index >= 15 is 0 Å². The third kappa shape index (κ3) is 1.52. The molecule has 66 valence electrons. The van der Waals surface area contributed by atoms with Gasteiger partial charge in [0.1, 0.15) is 11.6 Å². The lowest BCUT2D eigenvalue weighted by Crippen LogP contribution is -2.06. The van der Waals surface area contributed by atoms with Gasteiger partial charge in [-0.3, -0.25) is 0 Å². The SMILES string of the molecule is CC(N)c1c(O)ccc(F)c1Cl. The van der Waals surface area contributed by atoms with Gasteiger partial charge in [-0.15, -0.1) is 0 Å². The standard InChI is InChI=1S/C8H9ClFNO/c1-4(11)7-6(12)3-2-5(10)8(7)9/h2-4,12H,11H2,1H3. The van der Waals surface area contributed by atoms with Crippen molar-refractivity contribution < 1.29 is 9.50 Å². The number of phenols is 1. The van der Waals surface area contributed by atoms with Crippen LogP contribution in [0.5, 0.6) is 5.75 Å². The fourth-order valence-corrected chi connectivity index (χ4v) is 1.32. The Morgan fingerprint density at radius 3 is 2.58 bits per heavy atom. The minimum Gasteiger partial charge on any atom is -0.508 e. The van der Waals surface area contributed by atoms with E-state index in [2.05, 4.69) is 0 Å². The highest BCUT2D eigenvalue weighted by atomic mass is 35.5. The highest BCUT2D eigenvalue weighted by molar-refractivity contribution is 6.31. The summed E-state index contributed by atoms with van der Waals surface area (Å²) in [5.41, 5.74) is 5.72. The second-order valence-electron chi connectivity index (χ2n) is 2.58. The summed E-state index contributed by atoms with van der Waals surface area (Å²) in [5, 5.41) is 9.15. The molecule has 1 aromatic rings. The summed E-state index contributed by atoms with van der Waals surface area (Å²) in [5.74, 6) is -0.641. The van der Waals surface area contributed by atoms with Crippen molar-refractivity contribution in [2.24, 2.45) is 5.73 Å². The van der Waals surface area contributed by atoms with Crippen molar-refractivity contribution in [3.05, 3.63) is 28.5 Å². The second-order valence-corrected chi connectivity index (χ2v) is 2.96. The maximum Gasteiger partial charge on any atom is 0.142 e. The van der Waals surface area contributed by atoms with Crippen molar-refractivity contribution in [1.82, 2.24) is 0 Å². The minimum atomic E-state index is -0.568. The van der Waals surface area contributed by atoms with Crippen LogP contribution < -0.4 is 5.73 Å². The molecule has 0 aliphatic carbocycles. The number of hydrogen-bond donors (Lipinski definition) is 2. The van der Waals surface area contributed by atoms with Crippen LogP contribution in [0.4, 0.5) is 4.39 Å². The molecular formula is C8H9ClFNO. The Kier molecular flexibility index (Phi) is 2.55. The first-order valence-electron chi connectivity index (χ1n) is 3.46. The highest BCUT2D eigenvalue weighted by Crippen LogP contribution is 2.31. The lowest BCUT2D eigenvalue weighted by Gasteiger charge is -2.10. The normalized spacial score (nSPS) is 13.0. The smallest absolute Gasteiger partial charge is 0.142 e. The number of halogens is 2. The molecule has 1 aromatic carbocycles. The summed E-state index contributed by atoms with van der Waals surface area (Å²) in [4.78, 5) is 0. The van der Waals surface area contributed by atoms with Gasteiger partial charge in [0.25, 0.3) is 0 Å². The van der Waals surface area contributed by atoms with Crippen molar-refractivity contribution in [3.8, 4) is 5.75 Å². The number of nitrogens with two attached hydrogens (primary N) is 1. The van der Waals surface area contributed by atoms with E-state index in [4.69, 9.17) is 17.3 Å². The Balaban J connectivity index is 3.33. The summed E-state index contributed by atoms with van der Waals surface area (Å²) >= 11 is 5.58. The number of phenolic OH excluding ortho intramolecular Hbond substituents is 1. The van der Waals surface area contributed by atoms with Gasteiger partial charge in [0, 0.05) is 11.6 Å². The predicted octanol–water partition coefficient (Wildman–Crippen LogP) is 2.20. The van der Waals surface area contributed by atoms with Crippen LogP contribution in [-0.4, -0.2) is 5.11 Å². The zero-order valence-electron chi connectivity index (χ0n) is 6.51. The molecule has 0 spiro atoms. The average Bonchev–Trinajstić information content (AvgIpc) is 1.97. The summed E-state index contributed by atoms with van der Waals surface area (Å²) in [7, 11) is 0. The van der Waals surface area contributed by atoms with Crippen LogP contribution in [0.25, 0.3) is 0 Å². The molecule has 1 atom stereocenters. The molecular weight excluding hydrogens is 181 g/mol. The monoisotopic (exact) mass is 189 g/mol. The van der Waals surface area contributed by atoms with Crippen LogP contribution in [0, 0.1) is 5.82 Å². The Hall–Kier alpha value is -0.800. The van der Waals surface area contributed by atoms with E-state index in [1.165, 1.54) is 6.07 Å². The molecule has 0 heterocycles. The highest BCUT2D eigenvalue weighted by Gasteiger charge is 2.14. The zero-order valence-corrected chi connectivity index (χ0v) is 7.27. The van der Waals surface area contributed by atoms with Crippen LogP contribution in [0.15, 0.2) is 12.1 Å². The van der Waals surface area contributed by atoms with E-state index in [9.17, 15) is 9.50 Å². The van der Waals surface area contributed by atoms with Crippen molar-refractivity contribution in [3.63, 3.8) is 0 Å².